The summed E-state index contributed by atoms with van der Waals surface area (Å²) in [5.74, 6) is -3.19. The molecule has 1 aromatic carbocycles. The van der Waals surface area contributed by atoms with Gasteiger partial charge in [-0.05, 0) is 57.4 Å². The number of cyclic esters (lactones) is 1. The van der Waals surface area contributed by atoms with Crippen molar-refractivity contribution in [2.24, 2.45) is 17.8 Å². The minimum Gasteiger partial charge on any atom is -0.465 e. The second-order valence-electron chi connectivity index (χ2n) is 11.6. The van der Waals surface area contributed by atoms with Gasteiger partial charge in [-0.3, -0.25) is 14.4 Å². The first-order valence-corrected chi connectivity index (χ1v) is 14.4. The molecule has 0 aliphatic carbocycles. The predicted molar refractivity (Wildman–Crippen MR) is 152 cm³/mol. The Labute approximate surface area is 236 Å². The number of anilines is 2. The summed E-state index contributed by atoms with van der Waals surface area (Å²) in [6.45, 7) is 11.7. The van der Waals surface area contributed by atoms with E-state index in [-0.39, 0.29) is 37.5 Å². The van der Waals surface area contributed by atoms with Crippen molar-refractivity contribution < 1.29 is 29.0 Å². The average molecular weight is 552 g/mol. The molecule has 0 radical (unpaired) electrons. The first-order valence-electron chi connectivity index (χ1n) is 14.4. The summed E-state index contributed by atoms with van der Waals surface area (Å²) in [6, 6.07) is 6.16. The lowest BCUT2D eigenvalue weighted by Gasteiger charge is -2.41. The summed E-state index contributed by atoms with van der Waals surface area (Å²) in [5.41, 5.74) is -0.744. The number of aliphatic hydroxyl groups excluding tert-OH is 1. The van der Waals surface area contributed by atoms with Crippen LogP contribution < -0.4 is 9.80 Å². The normalized spacial score (nSPS) is 32.3. The number of nitrogens with zero attached hydrogens (tertiary/aromatic N) is 3. The molecule has 6 atom stereocenters. The Morgan fingerprint density at radius 1 is 1.02 bits per heavy atom. The zero-order chi connectivity index (χ0) is 28.8. The molecule has 9 heteroatoms. The van der Waals surface area contributed by atoms with Crippen molar-refractivity contribution in [2.45, 2.75) is 64.3 Å². The lowest BCUT2D eigenvalue weighted by Crippen LogP contribution is -2.59. The van der Waals surface area contributed by atoms with Gasteiger partial charge in [0, 0.05) is 31.0 Å². The number of fused-ring (bicyclic) bond motifs is 2. The molecule has 9 nitrogen and oxygen atoms in total. The maximum absolute atomic E-state index is 14.6. The van der Waals surface area contributed by atoms with Crippen molar-refractivity contribution in [3.8, 4) is 0 Å². The predicted octanol–water partition coefficient (Wildman–Crippen LogP) is 2.93. The standard InChI is InChI=1S/C31H41N3O6/c1-6-32(7-2)21-11-13-22(14-12-21)33-17-10-16-31-24(25-29(38)39-18-9-8-15-30(25,5)40-31)27(36)34(26(31)28(33)37)23(19-35)20(3)4/h8,10-16,20,23-26,35H,6-7,9,17-19H2,1-5H3/t23-,24-,25-,26?,30+,31-/m0/s1. The summed E-state index contributed by atoms with van der Waals surface area (Å²) in [4.78, 5) is 47.8. The number of hydrogen-bond donors (Lipinski definition) is 1. The SMILES string of the molecule is CCN(CC)c1ccc(N2CC=C[C@]34O[C@]5(C)C=CCCOC(=O)[C@@H]5[C@H]3C(=O)N([C@@H](CO)C(C)C)C4C2=O)cc1. The molecule has 216 valence electrons. The summed E-state index contributed by atoms with van der Waals surface area (Å²) >= 11 is 0. The van der Waals surface area contributed by atoms with Gasteiger partial charge in [-0.2, -0.15) is 0 Å². The number of carbonyl (C=O) groups is 3. The molecule has 2 amide bonds. The third-order valence-corrected chi connectivity index (χ3v) is 9.06. The van der Waals surface area contributed by atoms with Crippen molar-refractivity contribution in [2.75, 3.05) is 42.6 Å². The van der Waals surface area contributed by atoms with E-state index in [9.17, 15) is 19.5 Å². The van der Waals surface area contributed by atoms with Crippen molar-refractivity contribution in [1.82, 2.24) is 4.90 Å². The average Bonchev–Trinajstić information content (AvgIpc) is 3.24. The van der Waals surface area contributed by atoms with E-state index in [1.54, 1.807) is 11.8 Å². The highest BCUT2D eigenvalue weighted by Crippen LogP contribution is 2.58. The Bertz CT molecular complexity index is 1210. The van der Waals surface area contributed by atoms with Gasteiger partial charge in [0.05, 0.1) is 30.8 Å². The highest BCUT2D eigenvalue weighted by atomic mass is 16.6. The topological polar surface area (TPSA) is 99.6 Å². The van der Waals surface area contributed by atoms with Gasteiger partial charge in [-0.1, -0.05) is 38.2 Å². The van der Waals surface area contributed by atoms with Crippen LogP contribution in [0.25, 0.3) is 0 Å². The molecule has 2 saturated heterocycles. The van der Waals surface area contributed by atoms with Crippen LogP contribution in [-0.4, -0.2) is 83.9 Å². The van der Waals surface area contributed by atoms with Gasteiger partial charge < -0.3 is 29.3 Å². The van der Waals surface area contributed by atoms with E-state index >= 15 is 0 Å². The summed E-state index contributed by atoms with van der Waals surface area (Å²) in [7, 11) is 0. The summed E-state index contributed by atoms with van der Waals surface area (Å²) in [5, 5.41) is 10.4. The van der Waals surface area contributed by atoms with Crippen LogP contribution in [0.15, 0.2) is 48.6 Å². The molecule has 0 bridgehead atoms. The van der Waals surface area contributed by atoms with Crippen LogP contribution >= 0.6 is 0 Å². The van der Waals surface area contributed by atoms with E-state index in [0.717, 1.165) is 18.8 Å². The largest absolute Gasteiger partial charge is 0.465 e. The van der Waals surface area contributed by atoms with Crippen molar-refractivity contribution in [1.29, 1.82) is 0 Å². The Morgan fingerprint density at radius 2 is 1.73 bits per heavy atom. The second-order valence-corrected chi connectivity index (χ2v) is 11.6. The van der Waals surface area contributed by atoms with Crippen molar-refractivity contribution >= 4 is 29.2 Å². The molecular formula is C31H41N3O6. The highest BCUT2D eigenvalue weighted by Gasteiger charge is 2.75. The van der Waals surface area contributed by atoms with Crippen LogP contribution in [0.2, 0.25) is 0 Å². The van der Waals surface area contributed by atoms with Crippen molar-refractivity contribution in [3.63, 3.8) is 0 Å². The molecule has 4 aliphatic rings. The zero-order valence-electron chi connectivity index (χ0n) is 24.1. The fourth-order valence-electron chi connectivity index (χ4n) is 7.07. The Hall–Kier alpha value is -3.17. The Kier molecular flexibility index (Phi) is 7.56. The monoisotopic (exact) mass is 551 g/mol. The lowest BCUT2D eigenvalue weighted by atomic mass is 9.74. The molecule has 5 rings (SSSR count). The fourth-order valence-corrected chi connectivity index (χ4v) is 7.07. The van der Waals surface area contributed by atoms with E-state index in [4.69, 9.17) is 9.47 Å². The van der Waals surface area contributed by atoms with E-state index in [0.29, 0.717) is 12.1 Å². The fraction of sp³-hybridized carbons (Fsp3) is 0.581. The molecule has 1 N–H and O–H groups in total. The number of likely N-dealkylation sites (tertiary alicyclic amines) is 1. The van der Waals surface area contributed by atoms with Gasteiger partial charge in [0.2, 0.25) is 5.91 Å². The molecule has 0 aromatic heterocycles. The number of hydrogen-bond acceptors (Lipinski definition) is 7. The number of ether oxygens (including phenoxy) is 2. The van der Waals surface area contributed by atoms with Crippen molar-refractivity contribution in [3.05, 3.63) is 48.6 Å². The Balaban J connectivity index is 1.62. The zero-order valence-corrected chi connectivity index (χ0v) is 24.1. The molecule has 4 aliphatic heterocycles. The van der Waals surface area contributed by atoms with Gasteiger partial charge in [-0.15, -0.1) is 0 Å². The molecule has 40 heavy (non-hydrogen) atoms. The second kappa shape index (κ2) is 10.7. The van der Waals surface area contributed by atoms with E-state index < -0.39 is 41.1 Å². The molecule has 0 saturated carbocycles. The number of esters is 1. The highest BCUT2D eigenvalue weighted by molar-refractivity contribution is 6.05. The van der Waals surface area contributed by atoms with E-state index in [2.05, 4.69) is 18.7 Å². The molecule has 2 fully saturated rings. The van der Waals surface area contributed by atoms with Gasteiger partial charge >= 0.3 is 5.97 Å². The number of amides is 2. The van der Waals surface area contributed by atoms with E-state index in [1.165, 1.54) is 4.90 Å². The minimum atomic E-state index is -1.39. The number of aliphatic hydroxyl groups is 1. The van der Waals surface area contributed by atoms with Crippen LogP contribution in [0.4, 0.5) is 11.4 Å². The molecular weight excluding hydrogens is 510 g/mol. The van der Waals surface area contributed by atoms with Crippen LogP contribution in [0, 0.1) is 17.8 Å². The molecule has 1 aromatic rings. The first kappa shape index (κ1) is 28.4. The van der Waals surface area contributed by atoms with Gasteiger partial charge in [-0.25, -0.2) is 0 Å². The Morgan fingerprint density at radius 3 is 2.35 bits per heavy atom. The molecule has 1 unspecified atom stereocenters. The number of benzene rings is 1. The maximum Gasteiger partial charge on any atom is 0.313 e. The molecule has 1 spiro atoms. The van der Waals surface area contributed by atoms with Gasteiger partial charge in [0.15, 0.2) is 0 Å². The third kappa shape index (κ3) is 4.25. The van der Waals surface area contributed by atoms with Gasteiger partial charge in [0.1, 0.15) is 17.6 Å². The lowest BCUT2D eigenvalue weighted by molar-refractivity contribution is -0.160. The minimum absolute atomic E-state index is 0.137. The smallest absolute Gasteiger partial charge is 0.313 e. The summed E-state index contributed by atoms with van der Waals surface area (Å²) in [6.07, 6.45) is 7.98. The van der Waals surface area contributed by atoms with Crippen LogP contribution in [0.5, 0.6) is 0 Å². The number of carbonyl (C=O) groups excluding carboxylic acids is 3. The summed E-state index contributed by atoms with van der Waals surface area (Å²) < 4.78 is 12.3. The maximum atomic E-state index is 14.6. The van der Waals surface area contributed by atoms with Crippen LogP contribution in [-0.2, 0) is 23.9 Å². The van der Waals surface area contributed by atoms with Crippen LogP contribution in [0.3, 0.4) is 0 Å². The third-order valence-electron chi connectivity index (χ3n) is 9.06. The van der Waals surface area contributed by atoms with Crippen LogP contribution in [0.1, 0.15) is 41.0 Å². The first-order chi connectivity index (χ1) is 19.1. The molecule has 4 heterocycles. The van der Waals surface area contributed by atoms with Gasteiger partial charge in [0.25, 0.3) is 5.91 Å². The number of rotatable bonds is 7. The quantitative estimate of drug-likeness (QED) is 0.411. The van der Waals surface area contributed by atoms with E-state index in [1.807, 2.05) is 62.4 Å².